The molecular weight excluding hydrogens is 408 g/mol. The highest BCUT2D eigenvalue weighted by molar-refractivity contribution is 7.89. The third-order valence-electron chi connectivity index (χ3n) is 4.65. The first-order chi connectivity index (χ1) is 14.4. The number of carbonyl (C=O) groups excluding carboxylic acids is 3. The monoisotopic (exact) mass is 430 g/mol. The Bertz CT molecular complexity index is 1030. The molecule has 9 heteroatoms. The van der Waals surface area contributed by atoms with Crippen LogP contribution in [0.5, 0.6) is 0 Å². The zero-order valence-electron chi connectivity index (χ0n) is 16.2. The molecule has 1 N–H and O–H groups in total. The predicted molar refractivity (Wildman–Crippen MR) is 108 cm³/mol. The van der Waals surface area contributed by atoms with E-state index in [1.54, 1.807) is 30.3 Å². The van der Waals surface area contributed by atoms with Gasteiger partial charge in [0.2, 0.25) is 10.0 Å². The van der Waals surface area contributed by atoms with Crippen molar-refractivity contribution in [2.75, 3.05) is 19.7 Å². The van der Waals surface area contributed by atoms with E-state index >= 15 is 0 Å². The number of amides is 2. The molecule has 3 rings (SSSR count). The lowest BCUT2D eigenvalue weighted by atomic mass is 10.2. The topological polar surface area (TPSA) is 110 Å². The van der Waals surface area contributed by atoms with Crippen molar-refractivity contribution in [3.05, 3.63) is 65.7 Å². The van der Waals surface area contributed by atoms with E-state index in [1.165, 1.54) is 28.6 Å². The van der Waals surface area contributed by atoms with Crippen LogP contribution in [-0.2, 0) is 19.6 Å². The Labute approximate surface area is 174 Å². The molecule has 1 aliphatic rings. The van der Waals surface area contributed by atoms with Gasteiger partial charge in [-0.15, -0.1) is 0 Å². The second kappa shape index (κ2) is 9.64. The molecule has 1 aliphatic heterocycles. The van der Waals surface area contributed by atoms with Gasteiger partial charge < -0.3 is 4.74 Å². The minimum Gasteiger partial charge on any atom is -0.452 e. The Balaban J connectivity index is 1.60. The fraction of sp³-hybridized carbons (Fsp3) is 0.286. The van der Waals surface area contributed by atoms with Crippen LogP contribution in [0.25, 0.3) is 0 Å². The molecule has 0 radical (unpaired) electrons. The van der Waals surface area contributed by atoms with E-state index in [1.807, 2.05) is 0 Å². The van der Waals surface area contributed by atoms with Gasteiger partial charge in [-0.05, 0) is 43.2 Å². The van der Waals surface area contributed by atoms with Gasteiger partial charge in [0.15, 0.2) is 6.61 Å². The van der Waals surface area contributed by atoms with Crippen molar-refractivity contribution >= 4 is 27.8 Å². The van der Waals surface area contributed by atoms with E-state index in [2.05, 4.69) is 5.32 Å². The number of rotatable bonds is 6. The van der Waals surface area contributed by atoms with E-state index < -0.39 is 34.4 Å². The van der Waals surface area contributed by atoms with E-state index in [4.69, 9.17) is 4.74 Å². The number of sulfonamides is 1. The van der Waals surface area contributed by atoms with E-state index in [0.29, 0.717) is 18.7 Å². The van der Waals surface area contributed by atoms with Crippen molar-refractivity contribution in [2.45, 2.75) is 24.2 Å². The molecule has 0 unspecified atom stereocenters. The summed E-state index contributed by atoms with van der Waals surface area (Å²) < 4.78 is 31.8. The quantitative estimate of drug-likeness (QED) is 0.702. The molecule has 1 fully saturated rings. The number of hydrogen-bond donors (Lipinski definition) is 1. The summed E-state index contributed by atoms with van der Waals surface area (Å²) in [6.45, 7) is 0.236. The molecule has 2 amide bonds. The van der Waals surface area contributed by atoms with Crippen molar-refractivity contribution in [1.82, 2.24) is 9.62 Å². The highest BCUT2D eigenvalue weighted by atomic mass is 32.2. The number of piperidine rings is 1. The van der Waals surface area contributed by atoms with Gasteiger partial charge in [-0.2, -0.15) is 4.31 Å². The number of nitrogens with one attached hydrogen (secondary N) is 1. The summed E-state index contributed by atoms with van der Waals surface area (Å²) in [6, 6.07) is 13.7. The molecule has 1 saturated heterocycles. The number of imide groups is 1. The van der Waals surface area contributed by atoms with Crippen molar-refractivity contribution in [2.24, 2.45) is 0 Å². The van der Waals surface area contributed by atoms with Gasteiger partial charge in [0.25, 0.3) is 11.8 Å². The van der Waals surface area contributed by atoms with Crippen LogP contribution >= 0.6 is 0 Å². The Kier molecular flexibility index (Phi) is 6.96. The molecule has 1 heterocycles. The molecule has 158 valence electrons. The van der Waals surface area contributed by atoms with Gasteiger partial charge >= 0.3 is 5.97 Å². The standard InChI is InChI=1S/C21H22N2O6S/c24-19(22-20(25)16-8-3-1-4-9-16)15-29-21(26)17-10-7-11-18(14-17)30(27,28)23-12-5-2-6-13-23/h1,3-4,7-11,14H,2,5-6,12-13,15H2,(H,22,24,25). The summed E-state index contributed by atoms with van der Waals surface area (Å²) in [5, 5.41) is 2.12. The summed E-state index contributed by atoms with van der Waals surface area (Å²) in [5.74, 6) is -2.24. The van der Waals surface area contributed by atoms with Crippen LogP contribution in [0.3, 0.4) is 0 Å². The molecule has 0 aromatic heterocycles. The van der Waals surface area contributed by atoms with Crippen molar-refractivity contribution in [1.29, 1.82) is 0 Å². The number of ether oxygens (including phenoxy) is 1. The average molecular weight is 430 g/mol. The molecule has 0 spiro atoms. The number of benzene rings is 2. The third-order valence-corrected chi connectivity index (χ3v) is 6.54. The first-order valence-electron chi connectivity index (χ1n) is 9.54. The summed E-state index contributed by atoms with van der Waals surface area (Å²) in [5.41, 5.74) is 0.308. The molecule has 0 bridgehead atoms. The van der Waals surface area contributed by atoms with Crippen molar-refractivity contribution in [3.8, 4) is 0 Å². The number of nitrogens with zero attached hydrogens (tertiary/aromatic N) is 1. The van der Waals surface area contributed by atoms with E-state index in [-0.39, 0.29) is 10.5 Å². The lowest BCUT2D eigenvalue weighted by Gasteiger charge is -2.25. The van der Waals surface area contributed by atoms with E-state index in [9.17, 15) is 22.8 Å². The number of carbonyl (C=O) groups is 3. The van der Waals surface area contributed by atoms with Crippen LogP contribution in [0.15, 0.2) is 59.5 Å². The lowest BCUT2D eigenvalue weighted by molar-refractivity contribution is -0.123. The Morgan fingerprint density at radius 1 is 0.900 bits per heavy atom. The van der Waals surface area contributed by atoms with Gasteiger partial charge in [0.1, 0.15) is 0 Å². The van der Waals surface area contributed by atoms with Crippen LogP contribution < -0.4 is 5.32 Å². The summed E-state index contributed by atoms with van der Waals surface area (Å²) >= 11 is 0. The normalized spacial score (nSPS) is 14.7. The summed E-state index contributed by atoms with van der Waals surface area (Å²) in [6.07, 6.45) is 2.60. The molecule has 2 aromatic carbocycles. The SMILES string of the molecule is O=C(COC(=O)c1cccc(S(=O)(=O)N2CCCCC2)c1)NC(=O)c1ccccc1. The smallest absolute Gasteiger partial charge is 0.338 e. The number of esters is 1. The van der Waals surface area contributed by atoms with Crippen LogP contribution in [0.1, 0.15) is 40.0 Å². The Hall–Kier alpha value is -3.04. The second-order valence-electron chi connectivity index (χ2n) is 6.81. The van der Waals surface area contributed by atoms with Crippen molar-refractivity contribution in [3.63, 3.8) is 0 Å². The fourth-order valence-corrected chi connectivity index (χ4v) is 4.64. The van der Waals surface area contributed by atoms with Gasteiger partial charge in [0, 0.05) is 18.7 Å². The second-order valence-corrected chi connectivity index (χ2v) is 8.75. The van der Waals surface area contributed by atoms with Crippen LogP contribution in [0.2, 0.25) is 0 Å². The molecule has 30 heavy (non-hydrogen) atoms. The molecule has 0 saturated carbocycles. The maximum Gasteiger partial charge on any atom is 0.338 e. The lowest BCUT2D eigenvalue weighted by Crippen LogP contribution is -2.35. The minimum atomic E-state index is -3.69. The van der Waals surface area contributed by atoms with Crippen LogP contribution in [0.4, 0.5) is 0 Å². The van der Waals surface area contributed by atoms with Crippen LogP contribution in [0, 0.1) is 0 Å². The Morgan fingerprint density at radius 3 is 2.27 bits per heavy atom. The largest absolute Gasteiger partial charge is 0.452 e. The average Bonchev–Trinajstić information content (AvgIpc) is 2.78. The first-order valence-corrected chi connectivity index (χ1v) is 11.0. The van der Waals surface area contributed by atoms with Gasteiger partial charge in [-0.25, -0.2) is 13.2 Å². The van der Waals surface area contributed by atoms with Gasteiger partial charge in [-0.3, -0.25) is 14.9 Å². The molecule has 2 aromatic rings. The summed E-state index contributed by atoms with van der Waals surface area (Å²) in [7, 11) is -3.69. The first kappa shape index (κ1) is 21.7. The maximum atomic E-state index is 12.8. The highest BCUT2D eigenvalue weighted by Gasteiger charge is 2.26. The van der Waals surface area contributed by atoms with Gasteiger partial charge in [-0.1, -0.05) is 30.7 Å². The maximum absolute atomic E-state index is 12.8. The minimum absolute atomic E-state index is 0.00237. The molecule has 0 atom stereocenters. The molecule has 0 aliphatic carbocycles. The predicted octanol–water partition coefficient (Wildman–Crippen LogP) is 1.97. The zero-order valence-corrected chi connectivity index (χ0v) is 17.1. The van der Waals surface area contributed by atoms with Gasteiger partial charge in [0.05, 0.1) is 10.5 Å². The molecular formula is C21H22N2O6S. The van der Waals surface area contributed by atoms with Crippen LogP contribution in [-0.4, -0.2) is 50.2 Å². The number of hydrogen-bond acceptors (Lipinski definition) is 6. The third kappa shape index (κ3) is 5.31. The Morgan fingerprint density at radius 2 is 1.57 bits per heavy atom. The molecule has 8 nitrogen and oxygen atoms in total. The van der Waals surface area contributed by atoms with Crippen molar-refractivity contribution < 1.29 is 27.5 Å². The van der Waals surface area contributed by atoms with E-state index in [0.717, 1.165) is 19.3 Å². The fourth-order valence-electron chi connectivity index (χ4n) is 3.08. The highest BCUT2D eigenvalue weighted by Crippen LogP contribution is 2.21. The zero-order chi connectivity index (χ0) is 21.6. The summed E-state index contributed by atoms with van der Waals surface area (Å²) in [4.78, 5) is 36.1.